The zero-order valence-electron chi connectivity index (χ0n) is 20.6. The molecule has 0 atom stereocenters. The van der Waals surface area contributed by atoms with Gasteiger partial charge in [-0.05, 0) is 93.4 Å². The van der Waals surface area contributed by atoms with E-state index in [1.54, 1.807) is 0 Å². The van der Waals surface area contributed by atoms with E-state index >= 15 is 0 Å². The average molecular weight is 474 g/mol. The molecule has 37 heavy (non-hydrogen) atoms. The fourth-order valence-electron chi connectivity index (χ4n) is 5.71. The van der Waals surface area contributed by atoms with Gasteiger partial charge in [-0.3, -0.25) is 0 Å². The van der Waals surface area contributed by atoms with Gasteiger partial charge in [0.25, 0.3) is 0 Å². The highest BCUT2D eigenvalue weighted by molar-refractivity contribution is 6.06. The molecule has 0 fully saturated rings. The smallest absolute Gasteiger partial charge is 0.0462 e. The Kier molecular flexibility index (Phi) is 5.33. The van der Waals surface area contributed by atoms with Crippen LogP contribution < -0.4 is 4.90 Å². The minimum atomic E-state index is 0.985. The lowest BCUT2D eigenvalue weighted by molar-refractivity contribution is 1.23. The van der Waals surface area contributed by atoms with Crippen molar-refractivity contribution < 1.29 is 0 Å². The zero-order valence-corrected chi connectivity index (χ0v) is 20.6. The van der Waals surface area contributed by atoms with E-state index in [1.807, 2.05) is 0 Å². The first-order valence-electron chi connectivity index (χ1n) is 13.0. The number of nitrogens with zero attached hydrogens (tertiary/aromatic N) is 1. The van der Waals surface area contributed by atoms with Gasteiger partial charge >= 0.3 is 0 Å². The van der Waals surface area contributed by atoms with Gasteiger partial charge in [-0.15, -0.1) is 0 Å². The van der Waals surface area contributed by atoms with Crippen molar-refractivity contribution in [3.63, 3.8) is 0 Å². The molecule has 0 N–H and O–H groups in total. The SMILES string of the molecule is C1=Cc2ccc3c4c(ccc(c24)C1)CC=C3/C=C\c1ccc(N(c2ccccc2)c2ccccc2)cc1. The van der Waals surface area contributed by atoms with Gasteiger partial charge < -0.3 is 4.90 Å². The second kappa shape index (κ2) is 9.11. The van der Waals surface area contributed by atoms with Gasteiger partial charge in [-0.1, -0.05) is 103 Å². The summed E-state index contributed by atoms with van der Waals surface area (Å²) in [7, 11) is 0. The predicted octanol–water partition coefficient (Wildman–Crippen LogP) is 9.53. The summed E-state index contributed by atoms with van der Waals surface area (Å²) in [5, 5.41) is 2.89. The van der Waals surface area contributed by atoms with Crippen LogP contribution in [0.2, 0.25) is 0 Å². The summed E-state index contributed by atoms with van der Waals surface area (Å²) in [5.41, 5.74) is 11.5. The molecule has 5 aromatic rings. The zero-order chi connectivity index (χ0) is 24.6. The van der Waals surface area contributed by atoms with Crippen LogP contribution in [0.5, 0.6) is 0 Å². The van der Waals surface area contributed by atoms with Gasteiger partial charge in [-0.2, -0.15) is 0 Å². The molecule has 1 nitrogen and oxygen atoms in total. The molecular formula is C36H27N. The highest BCUT2D eigenvalue weighted by atomic mass is 15.1. The Balaban J connectivity index is 1.21. The molecule has 5 aromatic carbocycles. The van der Waals surface area contributed by atoms with Gasteiger partial charge in [0.05, 0.1) is 0 Å². The summed E-state index contributed by atoms with van der Waals surface area (Å²) in [5.74, 6) is 0. The molecule has 0 saturated heterocycles. The Morgan fingerprint density at radius 2 is 1.19 bits per heavy atom. The van der Waals surface area contributed by atoms with Gasteiger partial charge in [0.2, 0.25) is 0 Å². The molecular weight excluding hydrogens is 446 g/mol. The molecule has 0 unspecified atom stereocenters. The fraction of sp³-hybridized carbons (Fsp3) is 0.0556. The molecule has 176 valence electrons. The van der Waals surface area contributed by atoms with Crippen LogP contribution in [0.15, 0.2) is 127 Å². The molecule has 0 aromatic heterocycles. The fourth-order valence-corrected chi connectivity index (χ4v) is 5.71. The topological polar surface area (TPSA) is 3.24 Å². The van der Waals surface area contributed by atoms with Crippen LogP contribution >= 0.6 is 0 Å². The molecule has 0 aliphatic heterocycles. The Labute approximate surface area is 218 Å². The van der Waals surface area contributed by atoms with Crippen molar-refractivity contribution in [2.75, 3.05) is 4.90 Å². The van der Waals surface area contributed by atoms with Crippen LogP contribution in [-0.4, -0.2) is 0 Å². The maximum atomic E-state index is 2.37. The van der Waals surface area contributed by atoms with Crippen molar-refractivity contribution in [3.8, 4) is 0 Å². The largest absolute Gasteiger partial charge is 0.311 e. The van der Waals surface area contributed by atoms with Crippen LogP contribution in [0.1, 0.15) is 27.8 Å². The lowest BCUT2D eigenvalue weighted by atomic mass is 9.82. The molecule has 2 aliphatic carbocycles. The first-order valence-corrected chi connectivity index (χ1v) is 13.0. The van der Waals surface area contributed by atoms with Gasteiger partial charge in [0, 0.05) is 17.1 Å². The Hall–Kier alpha value is -4.62. The monoisotopic (exact) mass is 473 g/mol. The molecule has 0 spiro atoms. The average Bonchev–Trinajstić information content (AvgIpc) is 2.97. The standard InChI is InChI=1S/C36H27N/c1-3-10-31(11-4-1)37(32-12-5-2-6-13-32)33-23-15-26(16-24-33)14-17-27-18-19-30-21-20-28-8-7-9-29-22-25-34(27)36(30)35(28)29/h1-7,9-18,20-25H,8,19H2/b17-14-. The van der Waals surface area contributed by atoms with Crippen molar-refractivity contribution in [3.05, 3.63) is 155 Å². The summed E-state index contributed by atoms with van der Waals surface area (Å²) in [6.07, 6.45) is 13.5. The molecule has 0 bridgehead atoms. The van der Waals surface area contributed by atoms with E-state index in [-0.39, 0.29) is 0 Å². The Morgan fingerprint density at radius 1 is 0.541 bits per heavy atom. The number of hydrogen-bond acceptors (Lipinski definition) is 1. The number of benzene rings is 5. The van der Waals surface area contributed by atoms with Crippen LogP contribution in [-0.2, 0) is 12.8 Å². The number of hydrogen-bond donors (Lipinski definition) is 0. The van der Waals surface area contributed by atoms with Crippen LogP contribution in [0.3, 0.4) is 0 Å². The summed E-state index contributed by atoms with van der Waals surface area (Å²) in [6.45, 7) is 0. The molecule has 0 amide bonds. The van der Waals surface area contributed by atoms with E-state index in [2.05, 4.69) is 144 Å². The third-order valence-corrected chi connectivity index (χ3v) is 7.49. The van der Waals surface area contributed by atoms with E-state index in [0.717, 1.165) is 29.9 Å². The van der Waals surface area contributed by atoms with E-state index in [9.17, 15) is 0 Å². The van der Waals surface area contributed by atoms with Crippen LogP contribution in [0, 0.1) is 0 Å². The van der Waals surface area contributed by atoms with Crippen LogP contribution in [0.25, 0.3) is 28.5 Å². The van der Waals surface area contributed by atoms with Gasteiger partial charge in [0.15, 0.2) is 0 Å². The predicted molar refractivity (Wildman–Crippen MR) is 159 cm³/mol. The van der Waals surface area contributed by atoms with Crippen LogP contribution in [0.4, 0.5) is 17.1 Å². The number of anilines is 3. The summed E-state index contributed by atoms with van der Waals surface area (Å²) < 4.78 is 0. The molecule has 0 saturated carbocycles. The molecule has 7 rings (SSSR count). The second-order valence-electron chi connectivity index (χ2n) is 9.74. The molecule has 2 aliphatic rings. The maximum Gasteiger partial charge on any atom is 0.0462 e. The van der Waals surface area contributed by atoms with Crippen molar-refractivity contribution in [2.45, 2.75) is 12.8 Å². The summed E-state index contributed by atoms with van der Waals surface area (Å²) >= 11 is 0. The molecule has 1 heteroatoms. The second-order valence-corrected chi connectivity index (χ2v) is 9.74. The number of rotatable bonds is 5. The van der Waals surface area contributed by atoms with Crippen molar-refractivity contribution in [1.82, 2.24) is 0 Å². The maximum absolute atomic E-state index is 2.37. The van der Waals surface area contributed by atoms with Gasteiger partial charge in [0.1, 0.15) is 0 Å². The van der Waals surface area contributed by atoms with Crippen molar-refractivity contribution in [2.24, 2.45) is 0 Å². The number of allylic oxidation sites excluding steroid dienone is 4. The van der Waals surface area contributed by atoms with E-state index in [1.165, 1.54) is 44.2 Å². The summed E-state index contributed by atoms with van der Waals surface area (Å²) in [6, 6.07) is 39.1. The van der Waals surface area contributed by atoms with Crippen molar-refractivity contribution >= 4 is 45.6 Å². The molecule has 0 heterocycles. The van der Waals surface area contributed by atoms with E-state index < -0.39 is 0 Å². The quantitative estimate of drug-likeness (QED) is 0.246. The minimum absolute atomic E-state index is 0.985. The normalized spacial score (nSPS) is 13.7. The highest BCUT2D eigenvalue weighted by Gasteiger charge is 2.18. The first-order chi connectivity index (χ1) is 18.3. The first kappa shape index (κ1) is 21.6. The lowest BCUT2D eigenvalue weighted by Crippen LogP contribution is -2.09. The van der Waals surface area contributed by atoms with E-state index in [0.29, 0.717) is 0 Å². The van der Waals surface area contributed by atoms with E-state index in [4.69, 9.17) is 0 Å². The third kappa shape index (κ3) is 3.90. The molecule has 0 radical (unpaired) electrons. The van der Waals surface area contributed by atoms with Gasteiger partial charge in [-0.25, -0.2) is 0 Å². The van der Waals surface area contributed by atoms with Crippen molar-refractivity contribution in [1.29, 1.82) is 0 Å². The minimum Gasteiger partial charge on any atom is -0.311 e. The Bertz CT molecular complexity index is 1650. The highest BCUT2D eigenvalue weighted by Crippen LogP contribution is 2.40. The lowest BCUT2D eigenvalue weighted by Gasteiger charge is -2.25. The summed E-state index contributed by atoms with van der Waals surface area (Å²) in [4.78, 5) is 2.29. The Morgan fingerprint density at radius 3 is 1.89 bits per heavy atom. The number of para-hydroxylation sites is 2. The third-order valence-electron chi connectivity index (χ3n) is 7.49.